The van der Waals surface area contributed by atoms with Gasteiger partial charge in [-0.05, 0) is 112 Å². The maximum absolute atomic E-state index is 16.6. The number of benzene rings is 2. The molecule has 0 spiro atoms. The van der Waals surface area contributed by atoms with Crippen molar-refractivity contribution in [2.45, 2.75) is 84.5 Å². The van der Waals surface area contributed by atoms with Crippen LogP contribution in [-0.4, -0.2) is 46.6 Å². The Labute approximate surface area is 292 Å². The normalized spacial score (nSPS) is 15.3. The number of aliphatic carboxylic acids is 1. The van der Waals surface area contributed by atoms with Gasteiger partial charge < -0.3 is 19.9 Å². The first-order chi connectivity index (χ1) is 23.8. The Morgan fingerprint density at radius 3 is 2.16 bits per heavy atom. The molecule has 1 amide bonds. The predicted octanol–water partition coefficient (Wildman–Crippen LogP) is 7.67. The van der Waals surface area contributed by atoms with Gasteiger partial charge in [0.05, 0.1) is 23.6 Å². The Bertz CT molecular complexity index is 1910. The number of rotatable bonds is 10. The summed E-state index contributed by atoms with van der Waals surface area (Å²) in [6.07, 6.45) is -4.11. The van der Waals surface area contributed by atoms with Gasteiger partial charge in [-0.3, -0.25) is 14.4 Å². The van der Waals surface area contributed by atoms with Gasteiger partial charge in [-0.1, -0.05) is 19.8 Å². The molecule has 2 atom stereocenters. The third-order valence-electron chi connectivity index (χ3n) is 9.21. The van der Waals surface area contributed by atoms with E-state index in [1.165, 1.54) is 20.8 Å². The lowest BCUT2D eigenvalue weighted by molar-refractivity contribution is -0.139. The van der Waals surface area contributed by atoms with Crippen molar-refractivity contribution in [3.8, 4) is 23.0 Å². The number of carboxylic acids is 1. The first-order valence-corrected chi connectivity index (χ1v) is 16.6. The SMILES string of the molecule is CC#Cc1cc(-c2c(C)cc(F)cc2C)c(F)c(C(CC(=O)O)NC(=O)C(CC(C)C)n2cc(C3CCN(C)CC3)c(C(F)(F)F)cc2=O)c1F. The van der Waals surface area contributed by atoms with Crippen LogP contribution in [0.1, 0.15) is 97.8 Å². The van der Waals surface area contributed by atoms with Crippen molar-refractivity contribution in [3.05, 3.63) is 91.6 Å². The summed E-state index contributed by atoms with van der Waals surface area (Å²) in [5.74, 6) is -1.37. The summed E-state index contributed by atoms with van der Waals surface area (Å²) in [6, 6.07) is 0.601. The molecule has 2 N–H and O–H groups in total. The molecular formula is C38H41F6N3O4. The largest absolute Gasteiger partial charge is 0.481 e. The number of carbonyl (C=O) groups excluding carboxylic acids is 1. The van der Waals surface area contributed by atoms with Gasteiger partial charge >= 0.3 is 12.1 Å². The van der Waals surface area contributed by atoms with Crippen LogP contribution in [0, 0.1) is 49.1 Å². The summed E-state index contributed by atoms with van der Waals surface area (Å²) in [7, 11) is 1.85. The van der Waals surface area contributed by atoms with E-state index in [1.807, 2.05) is 11.9 Å². The number of carboxylic acid groups (broad SMARTS) is 1. The molecule has 2 aromatic carbocycles. The number of nitrogens with one attached hydrogen (secondary N) is 1. The zero-order valence-corrected chi connectivity index (χ0v) is 29.3. The van der Waals surface area contributed by atoms with Crippen molar-refractivity contribution in [2.75, 3.05) is 20.1 Å². The van der Waals surface area contributed by atoms with Crippen molar-refractivity contribution >= 4 is 11.9 Å². The smallest absolute Gasteiger partial charge is 0.416 e. The topological polar surface area (TPSA) is 91.6 Å². The number of carbonyl (C=O) groups is 2. The highest BCUT2D eigenvalue weighted by atomic mass is 19.4. The highest BCUT2D eigenvalue weighted by molar-refractivity contribution is 5.82. The lowest BCUT2D eigenvalue weighted by Gasteiger charge is -2.32. The second-order valence-electron chi connectivity index (χ2n) is 13.6. The number of pyridine rings is 1. The van der Waals surface area contributed by atoms with E-state index >= 15 is 8.78 Å². The molecule has 51 heavy (non-hydrogen) atoms. The molecule has 1 aliphatic heterocycles. The van der Waals surface area contributed by atoms with Crippen LogP contribution in [0.25, 0.3) is 11.1 Å². The van der Waals surface area contributed by atoms with Crippen LogP contribution in [0.4, 0.5) is 26.3 Å². The van der Waals surface area contributed by atoms with E-state index in [2.05, 4.69) is 17.2 Å². The Morgan fingerprint density at radius 1 is 1.02 bits per heavy atom. The van der Waals surface area contributed by atoms with Gasteiger partial charge in [0.1, 0.15) is 23.5 Å². The van der Waals surface area contributed by atoms with Crippen molar-refractivity contribution in [1.29, 1.82) is 0 Å². The maximum Gasteiger partial charge on any atom is 0.416 e. The molecule has 0 radical (unpaired) electrons. The van der Waals surface area contributed by atoms with Gasteiger partial charge in [-0.2, -0.15) is 13.2 Å². The number of nitrogens with zero attached hydrogens (tertiary/aromatic N) is 2. The van der Waals surface area contributed by atoms with E-state index < -0.39 is 76.6 Å². The molecule has 1 aliphatic rings. The summed E-state index contributed by atoms with van der Waals surface area (Å²) in [4.78, 5) is 41.6. The highest BCUT2D eigenvalue weighted by Crippen LogP contribution is 2.40. The third kappa shape index (κ3) is 8.84. The lowest BCUT2D eigenvalue weighted by atomic mass is 9.87. The fourth-order valence-corrected chi connectivity index (χ4v) is 6.87. The number of amides is 1. The van der Waals surface area contributed by atoms with Crippen molar-refractivity contribution < 1.29 is 41.0 Å². The third-order valence-corrected chi connectivity index (χ3v) is 9.21. The van der Waals surface area contributed by atoms with Gasteiger partial charge in [-0.25, -0.2) is 13.2 Å². The van der Waals surface area contributed by atoms with Crippen molar-refractivity contribution in [1.82, 2.24) is 14.8 Å². The van der Waals surface area contributed by atoms with E-state index in [1.54, 1.807) is 13.8 Å². The van der Waals surface area contributed by atoms with Crippen molar-refractivity contribution in [2.24, 2.45) is 5.92 Å². The minimum Gasteiger partial charge on any atom is -0.481 e. The second kappa shape index (κ2) is 15.8. The van der Waals surface area contributed by atoms with Crippen LogP contribution in [0.15, 0.2) is 35.3 Å². The molecule has 13 heteroatoms. The average Bonchev–Trinajstić information content (AvgIpc) is 3.01. The lowest BCUT2D eigenvalue weighted by Crippen LogP contribution is -2.41. The van der Waals surface area contributed by atoms with Crippen LogP contribution in [-0.2, 0) is 15.8 Å². The zero-order valence-electron chi connectivity index (χ0n) is 29.3. The number of halogens is 6. The van der Waals surface area contributed by atoms with Gasteiger partial charge in [-0.15, -0.1) is 5.92 Å². The standard InChI is InChI=1S/C38H41F6N3O4/c1-7-8-24-16-26(33-21(4)14-25(39)15-22(33)5)36(41)34(35(24)40)29(18-32(49)50)45-37(51)30(13-20(2)3)47-19-27(23-9-11-46(6)12-10-23)28(17-31(47)48)38(42,43)44/h14-17,19-20,23,29-30H,9-13,18H2,1-6H3,(H,45,51)(H,49,50). The van der Waals surface area contributed by atoms with E-state index in [9.17, 15) is 37.1 Å². The predicted molar refractivity (Wildman–Crippen MR) is 181 cm³/mol. The number of piperidine rings is 1. The molecule has 1 fully saturated rings. The Morgan fingerprint density at radius 2 is 1.63 bits per heavy atom. The molecule has 0 bridgehead atoms. The van der Waals surface area contributed by atoms with E-state index in [-0.39, 0.29) is 34.6 Å². The second-order valence-corrected chi connectivity index (χ2v) is 13.6. The minimum absolute atomic E-state index is 0.0741. The average molecular weight is 718 g/mol. The van der Waals surface area contributed by atoms with Crippen LogP contribution in [0.3, 0.4) is 0 Å². The molecule has 0 aliphatic carbocycles. The molecule has 1 saturated heterocycles. The Kier molecular flexibility index (Phi) is 12.1. The van der Waals surface area contributed by atoms with Gasteiger partial charge in [0.15, 0.2) is 0 Å². The number of hydrogen-bond acceptors (Lipinski definition) is 4. The molecule has 4 rings (SSSR count). The minimum atomic E-state index is -4.85. The van der Waals surface area contributed by atoms with Crippen LogP contribution >= 0.6 is 0 Å². The Balaban J connectivity index is 1.89. The molecule has 7 nitrogen and oxygen atoms in total. The van der Waals surface area contributed by atoms with E-state index in [4.69, 9.17) is 0 Å². The zero-order chi connectivity index (χ0) is 37.9. The molecule has 0 saturated carbocycles. The maximum atomic E-state index is 16.6. The van der Waals surface area contributed by atoms with Crippen LogP contribution < -0.4 is 10.9 Å². The summed E-state index contributed by atoms with van der Waals surface area (Å²) >= 11 is 0. The van der Waals surface area contributed by atoms with E-state index in [0.717, 1.165) is 29.0 Å². The molecule has 1 aromatic heterocycles. The first-order valence-electron chi connectivity index (χ1n) is 16.6. The number of hydrogen-bond donors (Lipinski definition) is 2. The summed E-state index contributed by atoms with van der Waals surface area (Å²) in [5, 5.41) is 12.3. The van der Waals surface area contributed by atoms with Gasteiger partial charge in [0, 0.05) is 23.4 Å². The van der Waals surface area contributed by atoms with Crippen LogP contribution in [0.2, 0.25) is 0 Å². The van der Waals surface area contributed by atoms with Gasteiger partial charge in [0.2, 0.25) is 5.91 Å². The highest BCUT2D eigenvalue weighted by Gasteiger charge is 2.39. The van der Waals surface area contributed by atoms with Crippen LogP contribution in [0.5, 0.6) is 0 Å². The molecular weight excluding hydrogens is 676 g/mol. The fourth-order valence-electron chi connectivity index (χ4n) is 6.87. The summed E-state index contributed by atoms with van der Waals surface area (Å²) < 4.78 is 90.6. The summed E-state index contributed by atoms with van der Waals surface area (Å²) in [6.45, 7) is 8.92. The molecule has 274 valence electrons. The number of aromatic nitrogens is 1. The monoisotopic (exact) mass is 717 g/mol. The quantitative estimate of drug-likeness (QED) is 0.166. The van der Waals surface area contributed by atoms with Crippen molar-refractivity contribution in [3.63, 3.8) is 0 Å². The number of aryl methyl sites for hydroxylation is 2. The summed E-state index contributed by atoms with van der Waals surface area (Å²) in [5.41, 5.74) is -2.86. The first kappa shape index (κ1) is 39.2. The molecule has 3 aromatic rings. The molecule has 2 unspecified atom stereocenters. The number of alkyl halides is 3. The van der Waals surface area contributed by atoms with Gasteiger partial charge in [0.25, 0.3) is 5.56 Å². The van der Waals surface area contributed by atoms with E-state index in [0.29, 0.717) is 43.1 Å². The fraction of sp³-hybridized carbons (Fsp3) is 0.447. The Hall–Kier alpha value is -4.57. The molecule has 2 heterocycles. The number of likely N-dealkylation sites (tertiary alicyclic amines) is 1.